The summed E-state index contributed by atoms with van der Waals surface area (Å²) in [6, 6.07) is 13.7. The number of hydrogen-bond acceptors (Lipinski definition) is 7. The predicted molar refractivity (Wildman–Crippen MR) is 92.7 cm³/mol. The summed E-state index contributed by atoms with van der Waals surface area (Å²) in [5, 5.41) is 30.3. The normalized spacial score (nSPS) is 9.92. The molecule has 0 spiro atoms. The Morgan fingerprint density at radius 1 is 1.16 bits per heavy atom. The average Bonchev–Trinajstić information content (AvgIpc) is 3.06. The zero-order valence-corrected chi connectivity index (χ0v) is 13.7. The fourth-order valence-corrected chi connectivity index (χ4v) is 2.33. The largest absolute Gasteiger partial charge is 0.495 e. The van der Waals surface area contributed by atoms with Crippen molar-refractivity contribution in [2.75, 3.05) is 12.5 Å². The van der Waals surface area contributed by atoms with Gasteiger partial charge in [-0.25, -0.2) is 0 Å². The van der Waals surface area contributed by atoms with Gasteiger partial charge in [-0.2, -0.15) is 20.4 Å². The molecule has 2 aromatic carbocycles. The first-order valence-corrected chi connectivity index (χ1v) is 7.37. The Labute approximate surface area is 147 Å². The molecule has 1 heterocycles. The van der Waals surface area contributed by atoms with E-state index in [0.29, 0.717) is 33.2 Å². The molecule has 3 aromatic rings. The van der Waals surface area contributed by atoms with Crippen molar-refractivity contribution >= 4 is 34.0 Å². The number of halogens is 1. The van der Waals surface area contributed by atoms with Crippen LogP contribution in [0.2, 0.25) is 5.02 Å². The molecule has 25 heavy (non-hydrogen) atoms. The average molecular weight is 352 g/mol. The van der Waals surface area contributed by atoms with Gasteiger partial charge in [-0.1, -0.05) is 11.6 Å². The maximum atomic E-state index is 8.68. The second-order valence-electron chi connectivity index (χ2n) is 4.81. The third-order valence-electron chi connectivity index (χ3n) is 3.26. The molecule has 0 atom stereocenters. The summed E-state index contributed by atoms with van der Waals surface area (Å²) in [5.74, 6) is 0.567. The number of methoxy groups -OCH3 is 1. The summed E-state index contributed by atoms with van der Waals surface area (Å²) in [6.45, 7) is 0. The summed E-state index contributed by atoms with van der Waals surface area (Å²) in [4.78, 5) is 1.46. The second-order valence-corrected chi connectivity index (χ2v) is 5.21. The summed E-state index contributed by atoms with van der Waals surface area (Å²) >= 11 is 6.13. The molecular formula is C16H10ClN7O. The molecule has 0 radical (unpaired) electrons. The highest BCUT2D eigenvalue weighted by Crippen LogP contribution is 2.26. The van der Waals surface area contributed by atoms with Crippen LogP contribution in [0.4, 0.5) is 5.69 Å². The summed E-state index contributed by atoms with van der Waals surface area (Å²) in [7, 11) is 1.54. The molecule has 0 amide bonds. The fourth-order valence-electron chi connectivity index (χ4n) is 2.07. The minimum absolute atomic E-state index is 0.267. The van der Waals surface area contributed by atoms with Crippen molar-refractivity contribution in [1.82, 2.24) is 15.0 Å². The minimum atomic E-state index is -0.267. The van der Waals surface area contributed by atoms with Crippen LogP contribution in [0.5, 0.6) is 5.75 Å². The van der Waals surface area contributed by atoms with Crippen molar-refractivity contribution in [3.05, 3.63) is 41.4 Å². The number of ether oxygens (including phenoxy) is 1. The number of aromatic nitrogens is 3. The number of hydrogen-bond donors (Lipinski definition) is 1. The molecule has 9 heteroatoms. The molecule has 0 saturated carbocycles. The molecule has 0 aliphatic carbocycles. The molecule has 3 rings (SSSR count). The number of nitrogens with zero attached hydrogens (tertiary/aromatic N) is 6. The standard InChI is InChI=1S/C16H10ClN7O/c1-25-16-5-3-12(7-13(16)17)24-22-14-4-2-10(6-15(14)23-24)20-21-11(8-18)9-19/h2-7,20H,1H3. The van der Waals surface area contributed by atoms with E-state index in [1.165, 1.54) is 4.80 Å². The van der Waals surface area contributed by atoms with Gasteiger partial charge in [-0.05, 0) is 36.4 Å². The Morgan fingerprint density at radius 2 is 1.92 bits per heavy atom. The highest BCUT2D eigenvalue weighted by Gasteiger charge is 2.08. The Morgan fingerprint density at radius 3 is 2.60 bits per heavy atom. The van der Waals surface area contributed by atoms with Crippen LogP contribution in [0.3, 0.4) is 0 Å². The lowest BCUT2D eigenvalue weighted by atomic mass is 10.3. The highest BCUT2D eigenvalue weighted by atomic mass is 35.5. The third-order valence-corrected chi connectivity index (χ3v) is 3.55. The molecule has 8 nitrogen and oxygen atoms in total. The van der Waals surface area contributed by atoms with Gasteiger partial charge in [-0.3, -0.25) is 5.43 Å². The van der Waals surface area contributed by atoms with Crippen molar-refractivity contribution in [1.29, 1.82) is 10.5 Å². The number of anilines is 1. The second kappa shape index (κ2) is 6.87. The minimum Gasteiger partial charge on any atom is -0.495 e. The molecule has 0 unspecified atom stereocenters. The molecule has 1 N–H and O–H groups in total. The molecule has 0 fully saturated rings. The van der Waals surface area contributed by atoms with Crippen LogP contribution >= 0.6 is 11.6 Å². The number of hydrazone groups is 1. The van der Waals surface area contributed by atoms with Crippen molar-refractivity contribution in [2.24, 2.45) is 5.10 Å². The monoisotopic (exact) mass is 351 g/mol. The van der Waals surface area contributed by atoms with Crippen LogP contribution in [0.15, 0.2) is 41.5 Å². The van der Waals surface area contributed by atoms with Crippen molar-refractivity contribution in [2.45, 2.75) is 0 Å². The molecule has 0 saturated heterocycles. The molecule has 0 bridgehead atoms. The quantitative estimate of drug-likeness (QED) is 0.571. The first-order chi connectivity index (χ1) is 12.1. The maximum Gasteiger partial charge on any atom is 0.237 e. The lowest BCUT2D eigenvalue weighted by molar-refractivity contribution is 0.415. The predicted octanol–water partition coefficient (Wildman–Crippen LogP) is 2.90. The number of nitrogens with one attached hydrogen (secondary N) is 1. The van der Waals surface area contributed by atoms with E-state index in [2.05, 4.69) is 20.7 Å². The topological polar surface area (TPSA) is 112 Å². The summed E-state index contributed by atoms with van der Waals surface area (Å²) < 4.78 is 5.13. The van der Waals surface area contributed by atoms with E-state index in [4.69, 9.17) is 26.9 Å². The Hall–Kier alpha value is -3.62. The van der Waals surface area contributed by atoms with E-state index in [-0.39, 0.29) is 5.71 Å². The van der Waals surface area contributed by atoms with Gasteiger partial charge in [-0.15, -0.1) is 10.2 Å². The molecule has 122 valence electrons. The lowest BCUT2D eigenvalue weighted by Crippen LogP contribution is -1.98. The Balaban J connectivity index is 1.93. The third kappa shape index (κ3) is 3.34. The smallest absolute Gasteiger partial charge is 0.237 e. The SMILES string of the molecule is COc1ccc(-n2nc3ccc(NN=C(C#N)C#N)cc3n2)cc1Cl. The van der Waals surface area contributed by atoms with E-state index in [9.17, 15) is 0 Å². The summed E-state index contributed by atoms with van der Waals surface area (Å²) in [6.07, 6.45) is 0. The van der Waals surface area contributed by atoms with Gasteiger partial charge in [0.1, 0.15) is 28.9 Å². The van der Waals surface area contributed by atoms with E-state index >= 15 is 0 Å². The van der Waals surface area contributed by atoms with Crippen molar-refractivity contribution in [3.8, 4) is 23.6 Å². The van der Waals surface area contributed by atoms with Gasteiger partial charge in [0, 0.05) is 0 Å². The Kier molecular flexibility index (Phi) is 4.46. The fraction of sp³-hybridized carbons (Fsp3) is 0.0625. The van der Waals surface area contributed by atoms with Crippen LogP contribution in [-0.4, -0.2) is 27.8 Å². The van der Waals surface area contributed by atoms with Gasteiger partial charge >= 0.3 is 0 Å². The van der Waals surface area contributed by atoms with Gasteiger partial charge in [0.05, 0.1) is 23.5 Å². The van der Waals surface area contributed by atoms with Crippen molar-refractivity contribution in [3.63, 3.8) is 0 Å². The van der Waals surface area contributed by atoms with Gasteiger partial charge < -0.3 is 4.74 Å². The molecule has 1 aromatic heterocycles. The van der Waals surface area contributed by atoms with Crippen LogP contribution in [-0.2, 0) is 0 Å². The number of rotatable bonds is 4. The molecular weight excluding hydrogens is 342 g/mol. The van der Waals surface area contributed by atoms with E-state index in [1.54, 1.807) is 55.6 Å². The first kappa shape index (κ1) is 16.2. The number of benzene rings is 2. The van der Waals surface area contributed by atoms with E-state index < -0.39 is 0 Å². The number of nitriles is 2. The van der Waals surface area contributed by atoms with Gasteiger partial charge in [0.15, 0.2) is 0 Å². The lowest BCUT2D eigenvalue weighted by Gasteiger charge is -2.04. The van der Waals surface area contributed by atoms with Crippen LogP contribution in [0, 0.1) is 22.7 Å². The van der Waals surface area contributed by atoms with Crippen LogP contribution < -0.4 is 10.2 Å². The molecule has 0 aliphatic rings. The highest BCUT2D eigenvalue weighted by molar-refractivity contribution is 6.32. The van der Waals surface area contributed by atoms with Gasteiger partial charge in [0.2, 0.25) is 5.71 Å². The van der Waals surface area contributed by atoms with E-state index in [0.717, 1.165) is 0 Å². The molecule has 0 aliphatic heterocycles. The van der Waals surface area contributed by atoms with Gasteiger partial charge in [0.25, 0.3) is 0 Å². The number of fused-ring (bicyclic) bond motifs is 1. The van der Waals surface area contributed by atoms with Crippen molar-refractivity contribution < 1.29 is 4.74 Å². The van der Waals surface area contributed by atoms with Crippen LogP contribution in [0.25, 0.3) is 16.7 Å². The van der Waals surface area contributed by atoms with E-state index in [1.807, 2.05) is 0 Å². The summed E-state index contributed by atoms with van der Waals surface area (Å²) in [5.41, 5.74) is 4.92. The van der Waals surface area contributed by atoms with Crippen LogP contribution in [0.1, 0.15) is 0 Å². The zero-order valence-electron chi connectivity index (χ0n) is 12.9. The maximum absolute atomic E-state index is 8.68. The first-order valence-electron chi connectivity index (χ1n) is 6.99. The zero-order chi connectivity index (χ0) is 17.8. The Bertz CT molecular complexity index is 1040.